The molecule has 1 rings (SSSR count). The highest BCUT2D eigenvalue weighted by atomic mass is 35.5. The van der Waals surface area contributed by atoms with Crippen LogP contribution >= 0.6 is 11.6 Å². The quantitative estimate of drug-likeness (QED) is 0.373. The molecule has 5 nitrogen and oxygen atoms in total. The molecule has 0 unspecified atom stereocenters. The molecule has 100 valence electrons. The van der Waals surface area contributed by atoms with Crippen LogP contribution in [-0.4, -0.2) is 29.1 Å². The summed E-state index contributed by atoms with van der Waals surface area (Å²) in [5.41, 5.74) is 6.07. The van der Waals surface area contributed by atoms with Crippen molar-refractivity contribution >= 4 is 23.3 Å². The van der Waals surface area contributed by atoms with Crippen molar-refractivity contribution in [1.82, 2.24) is 4.98 Å². The van der Waals surface area contributed by atoms with Crippen LogP contribution < -0.4 is 10.6 Å². The number of aromatic nitrogens is 1. The topological polar surface area (TPSA) is 74.7 Å². The number of rotatable bonds is 5. The van der Waals surface area contributed by atoms with E-state index in [1.165, 1.54) is 0 Å². The van der Waals surface area contributed by atoms with Crippen molar-refractivity contribution in [3.63, 3.8) is 0 Å². The zero-order valence-corrected chi connectivity index (χ0v) is 11.6. The highest BCUT2D eigenvalue weighted by Gasteiger charge is 2.16. The first kappa shape index (κ1) is 14.6. The first-order valence-corrected chi connectivity index (χ1v) is 6.26. The molecule has 0 aliphatic carbocycles. The molecule has 0 aliphatic heterocycles. The highest BCUT2D eigenvalue weighted by Crippen LogP contribution is 2.27. The summed E-state index contributed by atoms with van der Waals surface area (Å²) >= 11 is 6.26. The monoisotopic (exact) mass is 270 g/mol. The third-order valence-corrected chi connectivity index (χ3v) is 2.89. The Kier molecular flexibility index (Phi) is 5.22. The zero-order valence-electron chi connectivity index (χ0n) is 10.9. The lowest BCUT2D eigenvalue weighted by Gasteiger charge is -2.25. The van der Waals surface area contributed by atoms with E-state index in [0.29, 0.717) is 22.3 Å². The van der Waals surface area contributed by atoms with Crippen LogP contribution in [0.4, 0.5) is 5.82 Å². The Bertz CT molecular complexity index is 434. The van der Waals surface area contributed by atoms with Crippen LogP contribution in [0.15, 0.2) is 17.4 Å². The number of hydrogen-bond acceptors (Lipinski definition) is 4. The van der Waals surface area contributed by atoms with Crippen molar-refractivity contribution in [2.45, 2.75) is 20.8 Å². The number of hydrogen-bond donors (Lipinski definition) is 2. The third-order valence-electron chi connectivity index (χ3n) is 2.52. The minimum Gasteiger partial charge on any atom is -0.409 e. The van der Waals surface area contributed by atoms with Gasteiger partial charge in [0.05, 0.1) is 5.02 Å². The zero-order chi connectivity index (χ0) is 13.7. The molecule has 0 aromatic carbocycles. The van der Waals surface area contributed by atoms with Gasteiger partial charge in [0, 0.05) is 24.8 Å². The summed E-state index contributed by atoms with van der Waals surface area (Å²) in [6.07, 6.45) is 1.61. The van der Waals surface area contributed by atoms with Gasteiger partial charge in [-0.1, -0.05) is 30.6 Å². The second-order valence-electron chi connectivity index (χ2n) is 4.41. The summed E-state index contributed by atoms with van der Waals surface area (Å²) in [6, 6.07) is 1.63. The molecular weight excluding hydrogens is 252 g/mol. The fraction of sp³-hybridized carbons (Fsp3) is 0.500. The molecule has 1 aromatic heterocycles. The lowest BCUT2D eigenvalue weighted by atomic mass is 10.2. The van der Waals surface area contributed by atoms with Gasteiger partial charge in [-0.05, 0) is 18.9 Å². The lowest BCUT2D eigenvalue weighted by molar-refractivity contribution is 0.318. The average Bonchev–Trinajstić information content (AvgIpc) is 2.35. The van der Waals surface area contributed by atoms with Gasteiger partial charge in [0.25, 0.3) is 0 Å². The molecule has 0 spiro atoms. The van der Waals surface area contributed by atoms with Crippen LogP contribution in [0, 0.1) is 5.92 Å². The van der Waals surface area contributed by atoms with Crippen LogP contribution in [0.1, 0.15) is 26.3 Å². The molecule has 0 aliphatic rings. The van der Waals surface area contributed by atoms with Gasteiger partial charge in [-0.2, -0.15) is 0 Å². The van der Waals surface area contributed by atoms with Gasteiger partial charge in [-0.15, -0.1) is 0 Å². The molecule has 0 fully saturated rings. The summed E-state index contributed by atoms with van der Waals surface area (Å²) in [5, 5.41) is 12.1. The number of nitrogens with zero attached hydrogens (tertiary/aromatic N) is 3. The number of halogens is 1. The van der Waals surface area contributed by atoms with E-state index < -0.39 is 0 Å². The second kappa shape index (κ2) is 6.44. The molecule has 6 heteroatoms. The number of oxime groups is 1. The van der Waals surface area contributed by atoms with Gasteiger partial charge < -0.3 is 15.8 Å². The molecule has 0 atom stereocenters. The van der Waals surface area contributed by atoms with E-state index >= 15 is 0 Å². The van der Waals surface area contributed by atoms with Crippen molar-refractivity contribution in [2.24, 2.45) is 16.8 Å². The van der Waals surface area contributed by atoms with Crippen molar-refractivity contribution in [1.29, 1.82) is 0 Å². The Hall–Kier alpha value is -1.49. The number of anilines is 1. The van der Waals surface area contributed by atoms with Gasteiger partial charge in [-0.3, -0.25) is 0 Å². The molecule has 3 N–H and O–H groups in total. The summed E-state index contributed by atoms with van der Waals surface area (Å²) in [4.78, 5) is 6.35. The van der Waals surface area contributed by atoms with E-state index in [4.69, 9.17) is 22.5 Å². The van der Waals surface area contributed by atoms with E-state index in [2.05, 4.69) is 28.9 Å². The van der Waals surface area contributed by atoms with Crippen molar-refractivity contribution in [2.75, 3.05) is 18.0 Å². The Morgan fingerprint density at radius 2 is 2.28 bits per heavy atom. The number of amidine groups is 1. The fourth-order valence-electron chi connectivity index (χ4n) is 1.71. The Morgan fingerprint density at radius 3 is 2.78 bits per heavy atom. The lowest BCUT2D eigenvalue weighted by Crippen LogP contribution is -2.29. The van der Waals surface area contributed by atoms with Gasteiger partial charge in [0.1, 0.15) is 5.82 Å². The van der Waals surface area contributed by atoms with Gasteiger partial charge in [-0.25, -0.2) is 4.98 Å². The van der Waals surface area contributed by atoms with E-state index in [-0.39, 0.29) is 5.84 Å². The van der Waals surface area contributed by atoms with Crippen LogP contribution in [0.5, 0.6) is 0 Å². The standard InChI is InChI=1S/C12H19ClN4O/c1-4-17(7-8(2)3)12-10(13)9(5-6-15-12)11(14)16-18/h5-6,8,18H,4,7H2,1-3H3,(H2,14,16). The molecule has 0 amide bonds. The van der Waals surface area contributed by atoms with E-state index in [1.807, 2.05) is 6.92 Å². The third kappa shape index (κ3) is 3.26. The molecule has 0 saturated carbocycles. The van der Waals surface area contributed by atoms with Crippen LogP contribution in [0.2, 0.25) is 5.02 Å². The number of nitrogens with two attached hydrogens (primary N) is 1. The SMILES string of the molecule is CCN(CC(C)C)c1nccc(/C(N)=N/O)c1Cl. The predicted octanol–water partition coefficient (Wildman–Crippen LogP) is 2.31. The van der Waals surface area contributed by atoms with Crippen molar-refractivity contribution < 1.29 is 5.21 Å². The van der Waals surface area contributed by atoms with Crippen LogP contribution in [0.25, 0.3) is 0 Å². The first-order valence-electron chi connectivity index (χ1n) is 5.88. The second-order valence-corrected chi connectivity index (χ2v) is 4.79. The average molecular weight is 271 g/mol. The Morgan fingerprint density at radius 1 is 1.61 bits per heavy atom. The van der Waals surface area contributed by atoms with E-state index in [1.54, 1.807) is 12.3 Å². The smallest absolute Gasteiger partial charge is 0.171 e. The summed E-state index contributed by atoms with van der Waals surface area (Å²) in [7, 11) is 0. The van der Waals surface area contributed by atoms with Crippen molar-refractivity contribution in [3.8, 4) is 0 Å². The van der Waals surface area contributed by atoms with E-state index in [9.17, 15) is 0 Å². The maximum atomic E-state index is 8.72. The molecule has 0 radical (unpaired) electrons. The Labute approximate surface area is 112 Å². The largest absolute Gasteiger partial charge is 0.409 e. The minimum atomic E-state index is -0.00995. The van der Waals surface area contributed by atoms with Crippen LogP contribution in [-0.2, 0) is 0 Å². The normalized spacial score (nSPS) is 11.9. The van der Waals surface area contributed by atoms with Crippen LogP contribution in [0.3, 0.4) is 0 Å². The first-order chi connectivity index (χ1) is 8.51. The molecule has 18 heavy (non-hydrogen) atoms. The maximum Gasteiger partial charge on any atom is 0.171 e. The maximum absolute atomic E-state index is 8.72. The summed E-state index contributed by atoms with van der Waals surface area (Å²) in [6.45, 7) is 7.94. The number of pyridine rings is 1. The molecule has 1 aromatic rings. The van der Waals surface area contributed by atoms with Crippen molar-refractivity contribution in [3.05, 3.63) is 22.8 Å². The predicted molar refractivity (Wildman–Crippen MR) is 74.5 cm³/mol. The Balaban J connectivity index is 3.16. The fourth-order valence-corrected chi connectivity index (χ4v) is 2.04. The summed E-state index contributed by atoms with van der Waals surface area (Å²) < 4.78 is 0. The molecule has 0 bridgehead atoms. The van der Waals surface area contributed by atoms with Gasteiger partial charge in [0.2, 0.25) is 0 Å². The van der Waals surface area contributed by atoms with Gasteiger partial charge >= 0.3 is 0 Å². The van der Waals surface area contributed by atoms with Gasteiger partial charge in [0.15, 0.2) is 5.84 Å². The van der Waals surface area contributed by atoms with E-state index in [0.717, 1.165) is 13.1 Å². The summed E-state index contributed by atoms with van der Waals surface area (Å²) in [5.74, 6) is 1.15. The molecule has 1 heterocycles. The highest BCUT2D eigenvalue weighted by molar-refractivity contribution is 6.36. The molecular formula is C12H19ClN4O. The molecule has 0 saturated heterocycles. The minimum absolute atomic E-state index is 0.00995.